The van der Waals surface area contributed by atoms with Crippen LogP contribution in [0.25, 0.3) is 22.8 Å². The van der Waals surface area contributed by atoms with Gasteiger partial charge in [0.05, 0.1) is 28.1 Å². The molecule has 184 valence electrons. The summed E-state index contributed by atoms with van der Waals surface area (Å²) in [7, 11) is 0. The zero-order valence-electron chi connectivity index (χ0n) is 20.3. The van der Waals surface area contributed by atoms with Gasteiger partial charge in [-0.05, 0) is 66.5 Å². The van der Waals surface area contributed by atoms with Crippen LogP contribution in [0.2, 0.25) is 0 Å². The zero-order chi connectivity index (χ0) is 25.2. The Morgan fingerprint density at radius 1 is 1.06 bits per heavy atom. The lowest BCUT2D eigenvalue weighted by molar-refractivity contribution is 0.164. The Morgan fingerprint density at radius 2 is 1.81 bits per heavy atom. The van der Waals surface area contributed by atoms with Crippen molar-refractivity contribution in [1.82, 2.24) is 30.4 Å². The van der Waals surface area contributed by atoms with Crippen LogP contribution in [0.5, 0.6) is 0 Å². The highest BCUT2D eigenvalue weighted by molar-refractivity contribution is 5.64. The van der Waals surface area contributed by atoms with Crippen LogP contribution in [-0.4, -0.2) is 35.5 Å². The fourth-order valence-electron chi connectivity index (χ4n) is 6.28. The average Bonchev–Trinajstić information content (AvgIpc) is 3.52. The van der Waals surface area contributed by atoms with Gasteiger partial charge in [0.1, 0.15) is 23.4 Å². The molecule has 2 aliphatic rings. The second-order valence-electron chi connectivity index (χ2n) is 10.2. The van der Waals surface area contributed by atoms with E-state index in [1.807, 2.05) is 25.1 Å². The molecule has 3 heterocycles. The number of pyridine rings is 1. The van der Waals surface area contributed by atoms with Crippen LogP contribution >= 0.6 is 0 Å². The fourth-order valence-corrected chi connectivity index (χ4v) is 6.28. The van der Waals surface area contributed by atoms with E-state index >= 15 is 0 Å². The zero-order valence-corrected chi connectivity index (χ0v) is 20.3. The van der Waals surface area contributed by atoms with Crippen LogP contribution in [0, 0.1) is 17.0 Å². The van der Waals surface area contributed by atoms with Crippen LogP contribution in [0.4, 0.5) is 8.78 Å². The van der Waals surface area contributed by atoms with E-state index in [0.29, 0.717) is 23.8 Å². The molecule has 3 aromatic heterocycles. The van der Waals surface area contributed by atoms with E-state index in [1.165, 1.54) is 18.2 Å². The Balaban J connectivity index is 1.47. The van der Waals surface area contributed by atoms with Gasteiger partial charge < -0.3 is 5.11 Å². The Bertz CT molecular complexity index is 1460. The summed E-state index contributed by atoms with van der Waals surface area (Å²) < 4.78 is 29.0. The molecule has 4 aromatic rings. The molecule has 0 unspecified atom stereocenters. The van der Waals surface area contributed by atoms with Crippen molar-refractivity contribution in [3.05, 3.63) is 76.9 Å². The summed E-state index contributed by atoms with van der Waals surface area (Å²) in [6, 6.07) is 11.4. The standard InChI is InChI=1S/C27H26F2N6O/c1-4-20(36)25-31-24(34-35-25)18-9-6-10-21(30-18)27-12-11-15(26(27,2)3)14-13-19(32-33-23(14)27)22-16(28)7-5-8-17(22)29/h5-10,13,15,20,36H,4,11-12H2,1-3H3,(H,31,34,35)/t15-,20-,27-/m0/s1. The number of benzene rings is 1. The molecule has 3 atom stereocenters. The smallest absolute Gasteiger partial charge is 0.179 e. The van der Waals surface area contributed by atoms with Crippen LogP contribution in [-0.2, 0) is 5.41 Å². The summed E-state index contributed by atoms with van der Waals surface area (Å²) in [6.45, 7) is 6.27. The van der Waals surface area contributed by atoms with E-state index < -0.39 is 23.2 Å². The number of H-pyrrole nitrogens is 1. The molecular formula is C27H26F2N6O. The number of aromatic amines is 1. The first-order chi connectivity index (χ1) is 17.3. The molecule has 36 heavy (non-hydrogen) atoms. The summed E-state index contributed by atoms with van der Waals surface area (Å²) in [5.41, 5.74) is 2.55. The molecule has 0 aliphatic heterocycles. The van der Waals surface area contributed by atoms with Gasteiger partial charge in [0, 0.05) is 0 Å². The highest BCUT2D eigenvalue weighted by Crippen LogP contribution is 2.69. The van der Waals surface area contributed by atoms with Gasteiger partial charge in [-0.25, -0.2) is 18.7 Å². The van der Waals surface area contributed by atoms with Crippen molar-refractivity contribution in [3.8, 4) is 22.8 Å². The number of nitrogens with one attached hydrogen (secondary N) is 1. The molecule has 0 amide bonds. The predicted octanol–water partition coefficient (Wildman–Crippen LogP) is 5.25. The lowest BCUT2D eigenvalue weighted by atomic mass is 9.66. The highest BCUT2D eigenvalue weighted by atomic mass is 19.1. The van der Waals surface area contributed by atoms with Crippen molar-refractivity contribution in [2.75, 3.05) is 0 Å². The minimum Gasteiger partial charge on any atom is -0.385 e. The number of hydrogen-bond acceptors (Lipinski definition) is 6. The third kappa shape index (κ3) is 3.01. The lowest BCUT2D eigenvalue weighted by Gasteiger charge is -2.37. The first-order valence-corrected chi connectivity index (χ1v) is 12.2. The number of aliphatic hydroxyl groups is 1. The summed E-state index contributed by atoms with van der Waals surface area (Å²) >= 11 is 0. The van der Waals surface area contributed by atoms with Gasteiger partial charge in [0.2, 0.25) is 0 Å². The molecule has 2 aliphatic carbocycles. The molecule has 1 fully saturated rings. The molecular weight excluding hydrogens is 462 g/mol. The van der Waals surface area contributed by atoms with Crippen molar-refractivity contribution in [2.24, 2.45) is 5.41 Å². The molecule has 1 saturated carbocycles. The molecule has 6 rings (SSSR count). The normalized spacial score (nSPS) is 22.6. The number of aliphatic hydroxyl groups excluding tert-OH is 1. The molecule has 2 N–H and O–H groups in total. The van der Waals surface area contributed by atoms with E-state index in [2.05, 4.69) is 39.2 Å². The molecule has 0 radical (unpaired) electrons. The number of rotatable bonds is 5. The maximum atomic E-state index is 14.5. The van der Waals surface area contributed by atoms with Gasteiger partial charge in [-0.3, -0.25) is 5.10 Å². The SMILES string of the molecule is CC[C@H](O)c1n[nH]c(-c2cccc([C@@]34CC[C@@H](c5cc(-c6c(F)cccc6F)nnc53)C4(C)C)n2)n1. The summed E-state index contributed by atoms with van der Waals surface area (Å²) in [5, 5.41) is 26.0. The minimum absolute atomic E-state index is 0.152. The monoisotopic (exact) mass is 488 g/mol. The van der Waals surface area contributed by atoms with Crippen molar-refractivity contribution < 1.29 is 13.9 Å². The van der Waals surface area contributed by atoms with Gasteiger partial charge in [0.15, 0.2) is 11.6 Å². The lowest BCUT2D eigenvalue weighted by Crippen LogP contribution is -2.37. The third-order valence-corrected chi connectivity index (χ3v) is 8.22. The van der Waals surface area contributed by atoms with Gasteiger partial charge in [0.25, 0.3) is 0 Å². The molecule has 0 saturated heterocycles. The van der Waals surface area contributed by atoms with Crippen molar-refractivity contribution >= 4 is 0 Å². The maximum Gasteiger partial charge on any atom is 0.179 e. The van der Waals surface area contributed by atoms with Crippen LogP contribution in [0.3, 0.4) is 0 Å². The quantitative estimate of drug-likeness (QED) is 0.398. The number of halogens is 2. The Morgan fingerprint density at radius 3 is 2.56 bits per heavy atom. The molecule has 9 heteroatoms. The van der Waals surface area contributed by atoms with Crippen molar-refractivity contribution in [1.29, 1.82) is 0 Å². The maximum absolute atomic E-state index is 14.5. The summed E-state index contributed by atoms with van der Waals surface area (Å²) in [4.78, 5) is 9.44. The topological polar surface area (TPSA) is 100 Å². The first-order valence-electron chi connectivity index (χ1n) is 12.2. The van der Waals surface area contributed by atoms with Crippen molar-refractivity contribution in [3.63, 3.8) is 0 Å². The van der Waals surface area contributed by atoms with Gasteiger partial charge in [-0.15, -0.1) is 5.10 Å². The molecule has 0 spiro atoms. The minimum atomic E-state index is -0.739. The third-order valence-electron chi connectivity index (χ3n) is 8.22. The van der Waals surface area contributed by atoms with E-state index in [-0.39, 0.29) is 22.6 Å². The second-order valence-corrected chi connectivity index (χ2v) is 10.2. The predicted molar refractivity (Wildman–Crippen MR) is 129 cm³/mol. The first kappa shape index (κ1) is 22.8. The average molecular weight is 489 g/mol. The Labute approximate surface area is 207 Å². The molecule has 1 aromatic carbocycles. The largest absolute Gasteiger partial charge is 0.385 e. The van der Waals surface area contributed by atoms with Crippen LogP contribution in [0.1, 0.15) is 74.8 Å². The van der Waals surface area contributed by atoms with Crippen LogP contribution in [0.15, 0.2) is 42.5 Å². The molecule has 7 nitrogen and oxygen atoms in total. The number of aromatic nitrogens is 6. The number of fused-ring (bicyclic) bond motifs is 5. The highest BCUT2D eigenvalue weighted by Gasteiger charge is 2.65. The molecule has 2 bridgehead atoms. The van der Waals surface area contributed by atoms with Gasteiger partial charge in [-0.2, -0.15) is 10.2 Å². The van der Waals surface area contributed by atoms with E-state index in [9.17, 15) is 13.9 Å². The van der Waals surface area contributed by atoms with E-state index in [1.54, 1.807) is 6.07 Å². The Hall–Kier alpha value is -3.59. The summed E-state index contributed by atoms with van der Waals surface area (Å²) in [6.07, 6.45) is 1.52. The van der Waals surface area contributed by atoms with Gasteiger partial charge >= 0.3 is 0 Å². The van der Waals surface area contributed by atoms with Crippen molar-refractivity contribution in [2.45, 2.75) is 57.5 Å². The fraction of sp³-hybridized carbons (Fsp3) is 0.370. The Kier molecular flexibility index (Phi) is 5.05. The second kappa shape index (κ2) is 7.96. The summed E-state index contributed by atoms with van der Waals surface area (Å²) in [5.74, 6) is -0.341. The van der Waals surface area contributed by atoms with Gasteiger partial charge in [-0.1, -0.05) is 32.9 Å². The van der Waals surface area contributed by atoms with Crippen LogP contribution < -0.4 is 0 Å². The number of hydrogen-bond donors (Lipinski definition) is 2. The van der Waals surface area contributed by atoms with E-state index in [0.717, 1.165) is 29.8 Å². The number of nitrogens with zero attached hydrogens (tertiary/aromatic N) is 5. The van der Waals surface area contributed by atoms with E-state index in [4.69, 9.17) is 4.98 Å².